The molecular formula is C29H48N4O6Si. The van der Waals surface area contributed by atoms with E-state index in [0.29, 0.717) is 44.9 Å². The van der Waals surface area contributed by atoms with Gasteiger partial charge in [0.15, 0.2) is 0 Å². The molecule has 40 heavy (non-hydrogen) atoms. The lowest BCUT2D eigenvalue weighted by atomic mass is 9.77. The maximum Gasteiger partial charge on any atom is 0.333 e. The van der Waals surface area contributed by atoms with Crippen molar-refractivity contribution in [3.05, 3.63) is 0 Å². The molecule has 2 heterocycles. The Hall–Kier alpha value is -2.27. The smallest absolute Gasteiger partial charge is 0.333 e. The van der Waals surface area contributed by atoms with Crippen molar-refractivity contribution in [3.63, 3.8) is 0 Å². The lowest BCUT2D eigenvalue weighted by molar-refractivity contribution is -0.144. The molecule has 0 aromatic heterocycles. The number of amides is 7. The molecule has 10 nitrogen and oxygen atoms in total. The van der Waals surface area contributed by atoms with Crippen LogP contribution < -0.4 is 0 Å². The van der Waals surface area contributed by atoms with Crippen molar-refractivity contribution in [1.29, 1.82) is 0 Å². The number of carbonyl (C=O) groups is 5. The fraction of sp³-hybridized carbons (Fsp3) is 0.828. The van der Waals surface area contributed by atoms with Crippen LogP contribution in [-0.4, -0.2) is 95.5 Å². The molecule has 2 saturated heterocycles. The molecule has 224 valence electrons. The second-order valence-electron chi connectivity index (χ2n) is 13.7. The zero-order valence-electron chi connectivity index (χ0n) is 25.1. The molecule has 2 saturated carbocycles. The van der Waals surface area contributed by atoms with E-state index in [9.17, 15) is 24.0 Å². The van der Waals surface area contributed by atoms with Gasteiger partial charge in [-0.15, -0.1) is 0 Å². The summed E-state index contributed by atoms with van der Waals surface area (Å²) < 4.78 is 5.82. The molecule has 0 radical (unpaired) electrons. The van der Waals surface area contributed by atoms with Crippen LogP contribution in [0.1, 0.15) is 78.1 Å². The molecule has 7 amide bonds. The molecule has 4 aliphatic rings. The molecule has 0 unspecified atom stereocenters. The van der Waals surface area contributed by atoms with Crippen LogP contribution in [-0.2, 0) is 19.1 Å². The van der Waals surface area contributed by atoms with Gasteiger partial charge in [0.05, 0.1) is 0 Å². The number of carbonyl (C=O) groups excluding carboxylic acids is 5. The zero-order chi connectivity index (χ0) is 29.2. The summed E-state index contributed by atoms with van der Waals surface area (Å²) in [5.74, 6) is -0.348. The fourth-order valence-electron chi connectivity index (χ4n) is 6.25. The highest BCUT2D eigenvalue weighted by atomic mass is 28.3. The van der Waals surface area contributed by atoms with Gasteiger partial charge >= 0.3 is 12.1 Å². The van der Waals surface area contributed by atoms with Crippen LogP contribution in [0.15, 0.2) is 0 Å². The van der Waals surface area contributed by atoms with Crippen molar-refractivity contribution in [1.82, 2.24) is 19.6 Å². The second kappa shape index (κ2) is 12.3. The van der Waals surface area contributed by atoms with Crippen molar-refractivity contribution in [2.24, 2.45) is 11.8 Å². The Balaban J connectivity index is 1.38. The van der Waals surface area contributed by atoms with E-state index >= 15 is 0 Å². The van der Waals surface area contributed by atoms with Crippen molar-refractivity contribution >= 4 is 37.9 Å². The van der Waals surface area contributed by atoms with Crippen LogP contribution in [0, 0.1) is 11.8 Å². The molecule has 4 rings (SSSR count). The molecule has 2 aliphatic heterocycles. The van der Waals surface area contributed by atoms with Crippen LogP contribution in [0.3, 0.4) is 0 Å². The summed E-state index contributed by atoms with van der Waals surface area (Å²) in [7, 11) is -1.28. The topological polar surface area (TPSA) is 108 Å². The Kier molecular flexibility index (Phi) is 9.44. The van der Waals surface area contributed by atoms with E-state index in [1.165, 1.54) is 14.7 Å². The van der Waals surface area contributed by atoms with E-state index in [1.54, 1.807) is 4.90 Å². The molecule has 2 aliphatic carbocycles. The molecule has 0 spiro atoms. The Morgan fingerprint density at radius 3 is 2.12 bits per heavy atom. The standard InChI is InChI=1S/C29H48N4O6Si/c1-6-7-14-30-24(34)17-25(35)33(28(30)38)23-12-10-21(11-13-23)18-29(2)26(36)31(20-39-15-16-40(3,4)5)27(37)32(29)19-22-8-9-22/h21-23H,6-20H2,1-5H3/t21?,23?,29-/m0/s1. The number of nitrogens with zero attached hydrogens (tertiary/aromatic N) is 4. The molecule has 11 heteroatoms. The van der Waals surface area contributed by atoms with E-state index in [2.05, 4.69) is 19.6 Å². The first-order valence-electron chi connectivity index (χ1n) is 15.2. The predicted molar refractivity (Wildman–Crippen MR) is 153 cm³/mol. The van der Waals surface area contributed by atoms with Gasteiger partial charge in [0.1, 0.15) is 18.7 Å². The Labute approximate surface area is 239 Å². The van der Waals surface area contributed by atoms with Crippen molar-refractivity contribution in [3.8, 4) is 0 Å². The predicted octanol–water partition coefficient (Wildman–Crippen LogP) is 4.66. The highest BCUT2D eigenvalue weighted by Gasteiger charge is 2.56. The summed E-state index contributed by atoms with van der Waals surface area (Å²) in [6.45, 7) is 12.2. The minimum Gasteiger partial charge on any atom is -0.361 e. The van der Waals surface area contributed by atoms with Crippen LogP contribution >= 0.6 is 0 Å². The molecule has 4 fully saturated rings. The van der Waals surface area contributed by atoms with Gasteiger partial charge in [-0.05, 0) is 76.2 Å². The van der Waals surface area contributed by atoms with Gasteiger partial charge in [-0.3, -0.25) is 24.2 Å². The Morgan fingerprint density at radius 1 is 0.875 bits per heavy atom. The third-order valence-corrected chi connectivity index (χ3v) is 10.7. The number of hydrogen-bond acceptors (Lipinski definition) is 6. The van der Waals surface area contributed by atoms with Gasteiger partial charge in [0.2, 0.25) is 11.8 Å². The minimum absolute atomic E-state index is 0.00191. The van der Waals surface area contributed by atoms with Crippen molar-refractivity contribution in [2.75, 3.05) is 26.4 Å². The fourth-order valence-corrected chi connectivity index (χ4v) is 7.01. The molecule has 0 aromatic rings. The highest BCUT2D eigenvalue weighted by Crippen LogP contribution is 2.42. The van der Waals surface area contributed by atoms with Crippen LogP contribution in [0.5, 0.6) is 0 Å². The van der Waals surface area contributed by atoms with Gasteiger partial charge in [0, 0.05) is 33.8 Å². The summed E-state index contributed by atoms with van der Waals surface area (Å²) >= 11 is 0. The minimum atomic E-state index is -1.28. The monoisotopic (exact) mass is 576 g/mol. The number of imide groups is 3. The van der Waals surface area contributed by atoms with E-state index in [0.717, 1.165) is 44.6 Å². The maximum absolute atomic E-state index is 13.7. The molecule has 0 N–H and O–H groups in total. The summed E-state index contributed by atoms with van der Waals surface area (Å²) in [6.07, 6.45) is 6.84. The normalized spacial score (nSPS) is 28.4. The third-order valence-electron chi connectivity index (χ3n) is 9.03. The van der Waals surface area contributed by atoms with Crippen LogP contribution in [0.2, 0.25) is 25.7 Å². The number of hydrogen-bond donors (Lipinski definition) is 0. The number of rotatable bonds is 13. The number of ether oxygens (including phenoxy) is 1. The van der Waals surface area contributed by atoms with Crippen molar-refractivity contribution in [2.45, 2.75) is 115 Å². The average molecular weight is 577 g/mol. The highest BCUT2D eigenvalue weighted by molar-refractivity contribution is 6.76. The molecule has 1 atom stereocenters. The summed E-state index contributed by atoms with van der Waals surface area (Å²) in [5.41, 5.74) is -0.917. The SMILES string of the molecule is CCCCN1C(=O)CC(=O)N(C2CCC(C[C@@]3(C)C(=O)N(COCC[Si](C)(C)C)C(=O)N3CC3CC3)CC2)C1=O. The van der Waals surface area contributed by atoms with Gasteiger partial charge in [-0.25, -0.2) is 14.5 Å². The van der Waals surface area contributed by atoms with Gasteiger partial charge in [0.25, 0.3) is 5.91 Å². The lowest BCUT2D eigenvalue weighted by Crippen LogP contribution is -2.59. The third kappa shape index (κ3) is 6.78. The quantitative estimate of drug-likeness (QED) is 0.137. The van der Waals surface area contributed by atoms with Crippen LogP contribution in [0.4, 0.5) is 9.59 Å². The van der Waals surface area contributed by atoms with Gasteiger partial charge in [-0.2, -0.15) is 0 Å². The number of barbiturate groups is 1. The largest absolute Gasteiger partial charge is 0.361 e. The molecule has 0 bridgehead atoms. The van der Waals surface area contributed by atoms with E-state index in [1.807, 2.05) is 13.8 Å². The van der Waals surface area contributed by atoms with Gasteiger partial charge in [-0.1, -0.05) is 33.0 Å². The second-order valence-corrected chi connectivity index (χ2v) is 19.3. The van der Waals surface area contributed by atoms with E-state index in [4.69, 9.17) is 4.74 Å². The average Bonchev–Trinajstić information content (AvgIpc) is 3.68. The number of urea groups is 2. The van der Waals surface area contributed by atoms with E-state index in [-0.39, 0.29) is 37.0 Å². The Bertz CT molecular complexity index is 1000. The lowest BCUT2D eigenvalue weighted by Gasteiger charge is -2.42. The summed E-state index contributed by atoms with van der Waals surface area (Å²) in [4.78, 5) is 71.0. The summed E-state index contributed by atoms with van der Waals surface area (Å²) in [5, 5.41) is 0. The van der Waals surface area contributed by atoms with Gasteiger partial charge < -0.3 is 9.64 Å². The van der Waals surface area contributed by atoms with Crippen LogP contribution in [0.25, 0.3) is 0 Å². The summed E-state index contributed by atoms with van der Waals surface area (Å²) in [6, 6.07) is 0.00716. The first kappa shape index (κ1) is 30.7. The first-order valence-corrected chi connectivity index (χ1v) is 18.9. The first-order chi connectivity index (χ1) is 18.9. The van der Waals surface area contributed by atoms with E-state index < -0.39 is 31.5 Å². The zero-order valence-corrected chi connectivity index (χ0v) is 26.1. The maximum atomic E-state index is 13.7. The Morgan fingerprint density at radius 2 is 1.52 bits per heavy atom. The van der Waals surface area contributed by atoms with Crippen molar-refractivity contribution < 1.29 is 28.7 Å². The molecule has 0 aromatic carbocycles. The molecular weight excluding hydrogens is 528 g/mol. The number of unbranched alkanes of at least 4 members (excludes halogenated alkanes) is 1.